The third-order valence-electron chi connectivity index (χ3n) is 5.50. The van der Waals surface area contributed by atoms with Crippen molar-refractivity contribution in [3.8, 4) is 11.4 Å². The first-order valence-corrected chi connectivity index (χ1v) is 13.2. The minimum absolute atomic E-state index is 0.117. The third kappa shape index (κ3) is 5.41. The summed E-state index contributed by atoms with van der Waals surface area (Å²) < 4.78 is 6.53. The summed E-state index contributed by atoms with van der Waals surface area (Å²) in [5.74, 6) is 1.11. The molecule has 6 nitrogen and oxygen atoms in total. The summed E-state index contributed by atoms with van der Waals surface area (Å²) in [5.41, 5.74) is 1.79. The second-order valence-electron chi connectivity index (χ2n) is 8.65. The van der Waals surface area contributed by atoms with E-state index in [9.17, 15) is 0 Å². The maximum atomic E-state index is 6.53. The first-order chi connectivity index (χ1) is 14.2. The largest absolute Gasteiger partial charge is 0.414 e. The number of nitrogens with zero attached hydrogens (tertiary/aromatic N) is 4. The quantitative estimate of drug-likeness (QED) is 0.371. The van der Waals surface area contributed by atoms with Crippen LogP contribution >= 0.6 is 11.6 Å². The van der Waals surface area contributed by atoms with Crippen LogP contribution in [0.4, 0.5) is 5.82 Å². The molecule has 0 radical (unpaired) electrons. The molecule has 0 saturated carbocycles. The Morgan fingerprint density at radius 2 is 1.70 bits per heavy atom. The SMILES string of the molecule is CC(C)(C)[Si](C)(C)OC[C@@H](Nc1nc(Cl)ncc1-c1ncccn1)c1ccccc1. The van der Waals surface area contributed by atoms with Crippen molar-refractivity contribution in [2.75, 3.05) is 11.9 Å². The summed E-state index contributed by atoms with van der Waals surface area (Å²) >= 11 is 6.12. The van der Waals surface area contributed by atoms with Crippen LogP contribution in [-0.2, 0) is 4.43 Å². The maximum absolute atomic E-state index is 6.53. The molecule has 0 amide bonds. The van der Waals surface area contributed by atoms with Crippen LogP contribution in [0.15, 0.2) is 55.0 Å². The van der Waals surface area contributed by atoms with Crippen molar-refractivity contribution in [1.29, 1.82) is 0 Å². The van der Waals surface area contributed by atoms with Gasteiger partial charge in [0.05, 0.1) is 18.2 Å². The molecule has 1 N–H and O–H groups in total. The van der Waals surface area contributed by atoms with E-state index >= 15 is 0 Å². The summed E-state index contributed by atoms with van der Waals surface area (Å²) in [6, 6.07) is 11.8. The first kappa shape index (κ1) is 22.3. The van der Waals surface area contributed by atoms with E-state index in [1.807, 2.05) is 18.2 Å². The van der Waals surface area contributed by atoms with Gasteiger partial charge in [-0.1, -0.05) is 51.1 Å². The Kier molecular flexibility index (Phi) is 6.85. The standard InChI is InChI=1S/C22H28ClN5OSi/c1-22(2,3)30(4,5)29-15-18(16-10-7-6-8-11-16)27-20-17(14-26-21(23)28-20)19-24-12-9-13-25-19/h6-14,18H,15H2,1-5H3,(H,26,27,28)/t18-/m1/s1. The Bertz CT molecular complexity index is 964. The molecule has 0 aliphatic heterocycles. The molecule has 30 heavy (non-hydrogen) atoms. The molecule has 158 valence electrons. The third-order valence-corrected chi connectivity index (χ3v) is 10.2. The van der Waals surface area contributed by atoms with E-state index in [0.29, 0.717) is 23.8 Å². The fraction of sp³-hybridized carbons (Fsp3) is 0.364. The number of hydrogen-bond acceptors (Lipinski definition) is 6. The molecular formula is C22H28ClN5OSi. The number of rotatable bonds is 7. The minimum Gasteiger partial charge on any atom is -0.414 e. The normalized spacial score (nSPS) is 13.1. The zero-order valence-electron chi connectivity index (χ0n) is 18.1. The highest BCUT2D eigenvalue weighted by atomic mass is 35.5. The molecule has 0 fully saturated rings. The van der Waals surface area contributed by atoms with Gasteiger partial charge in [0.15, 0.2) is 14.1 Å². The van der Waals surface area contributed by atoms with Crippen LogP contribution in [0.1, 0.15) is 32.4 Å². The van der Waals surface area contributed by atoms with Gasteiger partial charge in [-0.25, -0.2) is 19.9 Å². The van der Waals surface area contributed by atoms with Crippen LogP contribution in [0.5, 0.6) is 0 Å². The van der Waals surface area contributed by atoms with Crippen LogP contribution in [0.3, 0.4) is 0 Å². The average Bonchev–Trinajstić information content (AvgIpc) is 2.71. The van der Waals surface area contributed by atoms with Gasteiger partial charge in [0.1, 0.15) is 5.82 Å². The molecule has 3 aromatic rings. The number of halogens is 1. The van der Waals surface area contributed by atoms with Crippen molar-refractivity contribution in [3.05, 3.63) is 65.8 Å². The van der Waals surface area contributed by atoms with Crippen LogP contribution in [0.2, 0.25) is 23.4 Å². The highest BCUT2D eigenvalue weighted by Crippen LogP contribution is 2.37. The molecule has 8 heteroatoms. The van der Waals surface area contributed by atoms with Crippen molar-refractivity contribution >= 4 is 25.7 Å². The van der Waals surface area contributed by atoms with Gasteiger partial charge in [-0.3, -0.25) is 0 Å². The van der Waals surface area contributed by atoms with Crippen molar-refractivity contribution in [2.45, 2.75) is 44.9 Å². The van der Waals surface area contributed by atoms with Gasteiger partial charge >= 0.3 is 0 Å². The molecule has 0 bridgehead atoms. The van der Waals surface area contributed by atoms with Crippen LogP contribution in [0, 0.1) is 0 Å². The van der Waals surface area contributed by atoms with Gasteiger partial charge in [0, 0.05) is 18.6 Å². The molecule has 0 aliphatic carbocycles. The fourth-order valence-electron chi connectivity index (χ4n) is 2.65. The van der Waals surface area contributed by atoms with E-state index in [0.717, 1.165) is 5.56 Å². The molecule has 0 unspecified atom stereocenters. The number of anilines is 1. The molecule has 2 aromatic heterocycles. The Morgan fingerprint density at radius 3 is 2.33 bits per heavy atom. The zero-order chi connectivity index (χ0) is 21.8. The lowest BCUT2D eigenvalue weighted by molar-refractivity contribution is 0.272. The van der Waals surface area contributed by atoms with E-state index in [1.54, 1.807) is 24.7 Å². The maximum Gasteiger partial charge on any atom is 0.224 e. The first-order valence-electron chi connectivity index (χ1n) is 9.93. The van der Waals surface area contributed by atoms with E-state index in [2.05, 4.69) is 71.3 Å². The van der Waals surface area contributed by atoms with Gasteiger partial charge in [0.25, 0.3) is 0 Å². The molecule has 2 heterocycles. The molecule has 1 aromatic carbocycles. The lowest BCUT2D eigenvalue weighted by atomic mass is 10.1. The Morgan fingerprint density at radius 1 is 1.03 bits per heavy atom. The summed E-state index contributed by atoms with van der Waals surface area (Å²) in [6.45, 7) is 11.7. The van der Waals surface area contributed by atoms with Gasteiger partial charge < -0.3 is 9.74 Å². The smallest absolute Gasteiger partial charge is 0.224 e. The highest BCUT2D eigenvalue weighted by molar-refractivity contribution is 6.74. The van der Waals surface area contributed by atoms with Crippen LogP contribution in [-0.4, -0.2) is 34.9 Å². The van der Waals surface area contributed by atoms with Crippen molar-refractivity contribution in [1.82, 2.24) is 19.9 Å². The van der Waals surface area contributed by atoms with E-state index < -0.39 is 8.32 Å². The lowest BCUT2D eigenvalue weighted by Gasteiger charge is -2.37. The van der Waals surface area contributed by atoms with E-state index in [1.165, 1.54) is 0 Å². The zero-order valence-corrected chi connectivity index (χ0v) is 19.8. The van der Waals surface area contributed by atoms with E-state index in [-0.39, 0.29) is 16.4 Å². The Balaban J connectivity index is 1.94. The predicted molar refractivity (Wildman–Crippen MR) is 124 cm³/mol. The Labute approximate surface area is 184 Å². The van der Waals surface area contributed by atoms with Gasteiger partial charge in [0.2, 0.25) is 5.28 Å². The van der Waals surface area contributed by atoms with Gasteiger partial charge in [-0.2, -0.15) is 0 Å². The number of aromatic nitrogens is 4. The van der Waals surface area contributed by atoms with Gasteiger partial charge in [-0.05, 0) is 41.4 Å². The molecule has 0 spiro atoms. The summed E-state index contributed by atoms with van der Waals surface area (Å²) in [5, 5.41) is 3.79. The molecule has 1 atom stereocenters. The lowest BCUT2D eigenvalue weighted by Crippen LogP contribution is -2.42. The summed E-state index contributed by atoms with van der Waals surface area (Å²) in [4.78, 5) is 17.2. The number of benzene rings is 1. The predicted octanol–water partition coefficient (Wildman–Crippen LogP) is 5.76. The monoisotopic (exact) mass is 441 g/mol. The minimum atomic E-state index is -1.93. The van der Waals surface area contributed by atoms with Crippen LogP contribution < -0.4 is 5.32 Å². The van der Waals surface area contributed by atoms with Gasteiger partial charge in [-0.15, -0.1) is 0 Å². The molecule has 0 aliphatic rings. The molecular weight excluding hydrogens is 414 g/mol. The summed E-state index contributed by atoms with van der Waals surface area (Å²) in [6.07, 6.45) is 5.02. The second kappa shape index (κ2) is 9.20. The molecule has 3 rings (SSSR count). The summed E-state index contributed by atoms with van der Waals surface area (Å²) in [7, 11) is -1.93. The number of nitrogens with one attached hydrogen (secondary N) is 1. The average molecular weight is 442 g/mol. The van der Waals surface area contributed by atoms with Crippen molar-refractivity contribution < 1.29 is 4.43 Å². The highest BCUT2D eigenvalue weighted by Gasteiger charge is 2.37. The fourth-order valence-corrected chi connectivity index (χ4v) is 3.80. The number of hydrogen-bond donors (Lipinski definition) is 1. The van der Waals surface area contributed by atoms with E-state index in [4.69, 9.17) is 16.0 Å². The van der Waals surface area contributed by atoms with Crippen LogP contribution in [0.25, 0.3) is 11.4 Å². The van der Waals surface area contributed by atoms with Crippen molar-refractivity contribution in [3.63, 3.8) is 0 Å². The van der Waals surface area contributed by atoms with Crippen molar-refractivity contribution in [2.24, 2.45) is 0 Å². The second-order valence-corrected chi connectivity index (χ2v) is 13.8. The molecule has 0 saturated heterocycles. The topological polar surface area (TPSA) is 72.8 Å². The Hall–Kier alpha value is -2.35.